The molecule has 0 bridgehead atoms. The molecule has 1 fully saturated rings. The zero-order chi connectivity index (χ0) is 17.2. The van der Waals surface area contributed by atoms with Crippen molar-refractivity contribution in [3.63, 3.8) is 0 Å². The molecular weight excluding hydrogens is 310 g/mol. The molecule has 0 unspecified atom stereocenters. The van der Waals surface area contributed by atoms with Crippen molar-refractivity contribution in [3.8, 4) is 5.75 Å². The molecule has 0 spiro atoms. The Morgan fingerprint density at radius 3 is 2.76 bits per heavy atom. The Morgan fingerprint density at radius 2 is 1.96 bits per heavy atom. The lowest BCUT2D eigenvalue weighted by Crippen LogP contribution is -2.46. The van der Waals surface area contributed by atoms with E-state index in [0.29, 0.717) is 12.3 Å². The van der Waals surface area contributed by atoms with Crippen molar-refractivity contribution in [2.45, 2.75) is 38.7 Å². The minimum absolute atomic E-state index is 0.157. The van der Waals surface area contributed by atoms with Crippen molar-refractivity contribution in [2.24, 2.45) is 5.92 Å². The average molecular weight is 335 g/mol. The van der Waals surface area contributed by atoms with E-state index in [2.05, 4.69) is 37.3 Å². The van der Waals surface area contributed by atoms with Crippen LogP contribution in [-0.2, 0) is 17.6 Å². The van der Waals surface area contributed by atoms with Crippen molar-refractivity contribution >= 4 is 5.91 Å². The van der Waals surface area contributed by atoms with Gasteiger partial charge in [-0.05, 0) is 49.3 Å². The summed E-state index contributed by atoms with van der Waals surface area (Å²) >= 11 is 0. The van der Waals surface area contributed by atoms with Gasteiger partial charge in [0.05, 0.1) is 0 Å². The highest BCUT2D eigenvalue weighted by Crippen LogP contribution is 2.30. The van der Waals surface area contributed by atoms with Crippen LogP contribution in [0.2, 0.25) is 0 Å². The highest BCUT2D eigenvalue weighted by atomic mass is 16.5. The van der Waals surface area contributed by atoms with Gasteiger partial charge in [-0.2, -0.15) is 0 Å². The smallest absolute Gasteiger partial charge is 0.264 e. The molecule has 0 radical (unpaired) electrons. The second kappa shape index (κ2) is 6.91. The summed E-state index contributed by atoms with van der Waals surface area (Å²) in [6, 6.07) is 16.8. The van der Waals surface area contributed by atoms with Crippen molar-refractivity contribution in [3.05, 3.63) is 65.2 Å². The van der Waals surface area contributed by atoms with Crippen LogP contribution in [0, 0.1) is 12.8 Å². The van der Waals surface area contributed by atoms with E-state index >= 15 is 0 Å². The van der Waals surface area contributed by atoms with Crippen LogP contribution >= 0.6 is 0 Å². The van der Waals surface area contributed by atoms with Crippen LogP contribution < -0.4 is 4.74 Å². The van der Waals surface area contributed by atoms with Crippen molar-refractivity contribution in [1.29, 1.82) is 0 Å². The number of carbonyl (C=O) groups excluding carboxylic acids is 1. The molecule has 2 aliphatic rings. The predicted molar refractivity (Wildman–Crippen MR) is 98.7 cm³/mol. The molecule has 2 heterocycles. The predicted octanol–water partition coefficient (Wildman–Crippen LogP) is 3.78. The van der Waals surface area contributed by atoms with Gasteiger partial charge in [0.25, 0.3) is 5.91 Å². The molecule has 2 aromatic carbocycles. The summed E-state index contributed by atoms with van der Waals surface area (Å²) in [7, 11) is 0. The number of amides is 1. The highest BCUT2D eigenvalue weighted by Gasteiger charge is 2.34. The third-order valence-electron chi connectivity index (χ3n) is 5.40. The molecule has 0 aromatic heterocycles. The van der Waals surface area contributed by atoms with Gasteiger partial charge in [-0.25, -0.2) is 0 Å². The maximum atomic E-state index is 12.9. The average Bonchev–Trinajstić information content (AvgIpc) is 3.07. The van der Waals surface area contributed by atoms with Crippen molar-refractivity contribution in [2.75, 3.05) is 13.1 Å². The number of nitrogens with zero attached hydrogens (tertiary/aromatic N) is 1. The molecule has 1 amide bonds. The monoisotopic (exact) mass is 335 g/mol. The van der Waals surface area contributed by atoms with Crippen LogP contribution in [0.5, 0.6) is 5.75 Å². The second-order valence-corrected chi connectivity index (χ2v) is 7.40. The Kier molecular flexibility index (Phi) is 4.48. The number of ether oxygens (including phenoxy) is 1. The van der Waals surface area contributed by atoms with Gasteiger partial charge in [-0.1, -0.05) is 48.0 Å². The minimum atomic E-state index is -0.337. The number of benzene rings is 2. The zero-order valence-electron chi connectivity index (χ0n) is 14.8. The lowest BCUT2D eigenvalue weighted by molar-refractivity contribution is -0.139. The number of aryl methyl sites for hydroxylation is 1. The van der Waals surface area contributed by atoms with E-state index in [0.717, 1.165) is 37.2 Å². The maximum Gasteiger partial charge on any atom is 0.264 e. The molecule has 2 aromatic rings. The number of hydrogen-bond acceptors (Lipinski definition) is 2. The topological polar surface area (TPSA) is 29.5 Å². The fraction of sp³-hybridized carbons (Fsp3) is 0.409. The first-order valence-electron chi connectivity index (χ1n) is 9.28. The number of hydrogen-bond donors (Lipinski definition) is 0. The van der Waals surface area contributed by atoms with E-state index in [-0.39, 0.29) is 12.0 Å². The Balaban J connectivity index is 1.38. The third kappa shape index (κ3) is 3.55. The largest absolute Gasteiger partial charge is 0.480 e. The zero-order valence-corrected chi connectivity index (χ0v) is 14.8. The standard InChI is InChI=1S/C22H25NO2/c1-16-8-10-17(11-9-16)13-18-5-4-12-23(15-18)22(24)21-14-19-6-2-3-7-20(19)25-21/h2-3,6-11,18,21H,4-5,12-15H2,1H3/t18-,21+/m1/s1. The number of rotatable bonds is 3. The SMILES string of the molecule is Cc1ccc(C[C@H]2CCCN(C(=O)[C@@H]3Cc4ccccc4O3)C2)cc1. The molecule has 1 saturated heterocycles. The molecule has 0 N–H and O–H groups in total. The van der Waals surface area contributed by atoms with Crippen LogP contribution in [-0.4, -0.2) is 30.0 Å². The number of carbonyl (C=O) groups is 1. The van der Waals surface area contributed by atoms with E-state index in [1.807, 2.05) is 23.1 Å². The minimum Gasteiger partial charge on any atom is -0.480 e. The molecule has 130 valence electrons. The lowest BCUT2D eigenvalue weighted by Gasteiger charge is -2.34. The van der Waals surface area contributed by atoms with E-state index in [1.165, 1.54) is 17.5 Å². The van der Waals surface area contributed by atoms with Gasteiger partial charge < -0.3 is 9.64 Å². The number of fused-ring (bicyclic) bond motifs is 1. The van der Waals surface area contributed by atoms with E-state index in [1.54, 1.807) is 0 Å². The quantitative estimate of drug-likeness (QED) is 0.854. The summed E-state index contributed by atoms with van der Waals surface area (Å²) < 4.78 is 5.90. The summed E-state index contributed by atoms with van der Waals surface area (Å²) in [5, 5.41) is 0. The molecule has 4 rings (SSSR count). The second-order valence-electron chi connectivity index (χ2n) is 7.40. The number of piperidine rings is 1. The molecular formula is C22H25NO2. The van der Waals surface area contributed by atoms with E-state index < -0.39 is 0 Å². The summed E-state index contributed by atoms with van der Waals surface area (Å²) in [4.78, 5) is 14.9. The summed E-state index contributed by atoms with van der Waals surface area (Å²) in [5.41, 5.74) is 3.81. The van der Waals surface area contributed by atoms with Gasteiger partial charge in [0.15, 0.2) is 6.10 Å². The van der Waals surface area contributed by atoms with Gasteiger partial charge in [0.1, 0.15) is 5.75 Å². The molecule has 2 aliphatic heterocycles. The normalized spacial score (nSPS) is 22.4. The summed E-state index contributed by atoms with van der Waals surface area (Å²) in [5.74, 6) is 1.57. The first kappa shape index (κ1) is 16.2. The molecule has 3 heteroatoms. The molecule has 0 aliphatic carbocycles. The Hall–Kier alpha value is -2.29. The number of likely N-dealkylation sites (tertiary alicyclic amines) is 1. The van der Waals surface area contributed by atoms with Crippen molar-refractivity contribution in [1.82, 2.24) is 4.90 Å². The fourth-order valence-electron chi connectivity index (χ4n) is 4.01. The van der Waals surface area contributed by atoms with Crippen molar-refractivity contribution < 1.29 is 9.53 Å². The molecule has 25 heavy (non-hydrogen) atoms. The molecule has 0 saturated carbocycles. The van der Waals surface area contributed by atoms with Gasteiger partial charge in [0.2, 0.25) is 0 Å². The van der Waals surface area contributed by atoms with Gasteiger partial charge in [-0.3, -0.25) is 4.79 Å². The first-order chi connectivity index (χ1) is 12.2. The van der Waals surface area contributed by atoms with Crippen LogP contribution in [0.1, 0.15) is 29.5 Å². The van der Waals surface area contributed by atoms with Gasteiger partial charge in [-0.15, -0.1) is 0 Å². The Bertz CT molecular complexity index is 728. The fourth-order valence-corrected chi connectivity index (χ4v) is 4.01. The molecule has 3 nitrogen and oxygen atoms in total. The lowest BCUT2D eigenvalue weighted by atomic mass is 9.90. The number of para-hydroxylation sites is 1. The van der Waals surface area contributed by atoms with Gasteiger partial charge in [0, 0.05) is 19.5 Å². The van der Waals surface area contributed by atoms with Crippen LogP contribution in [0.15, 0.2) is 48.5 Å². The van der Waals surface area contributed by atoms with Crippen LogP contribution in [0.25, 0.3) is 0 Å². The van der Waals surface area contributed by atoms with Crippen LogP contribution in [0.4, 0.5) is 0 Å². The Labute approximate surface area is 149 Å². The third-order valence-corrected chi connectivity index (χ3v) is 5.40. The van der Waals surface area contributed by atoms with Crippen LogP contribution in [0.3, 0.4) is 0 Å². The first-order valence-corrected chi connectivity index (χ1v) is 9.28. The highest BCUT2D eigenvalue weighted by molar-refractivity contribution is 5.82. The summed E-state index contributed by atoms with van der Waals surface area (Å²) in [6.07, 6.45) is 3.70. The molecule has 2 atom stereocenters. The maximum absolute atomic E-state index is 12.9. The van der Waals surface area contributed by atoms with E-state index in [4.69, 9.17) is 4.74 Å². The van der Waals surface area contributed by atoms with Gasteiger partial charge >= 0.3 is 0 Å². The summed E-state index contributed by atoms with van der Waals surface area (Å²) in [6.45, 7) is 3.83. The Morgan fingerprint density at radius 1 is 1.16 bits per heavy atom. The van der Waals surface area contributed by atoms with E-state index in [9.17, 15) is 4.79 Å².